The molecule has 0 saturated carbocycles. The molecule has 0 unspecified atom stereocenters. The number of halogens is 1. The Kier molecular flexibility index (Phi) is 3.38. The van der Waals surface area contributed by atoms with Gasteiger partial charge in [0.25, 0.3) is 0 Å². The van der Waals surface area contributed by atoms with Crippen LogP contribution in [0.3, 0.4) is 0 Å². The Hall–Kier alpha value is -2.39. The Morgan fingerprint density at radius 2 is 2.18 bits per heavy atom. The topological polar surface area (TPSA) is 111 Å². The zero-order valence-electron chi connectivity index (χ0n) is 10.8. The van der Waals surface area contributed by atoms with Crippen LogP contribution in [-0.4, -0.2) is 40.0 Å². The molecule has 10 heteroatoms. The second-order valence-corrected chi connectivity index (χ2v) is 6.64. The van der Waals surface area contributed by atoms with Crippen molar-refractivity contribution in [2.75, 3.05) is 5.75 Å². The van der Waals surface area contributed by atoms with Crippen LogP contribution in [0.15, 0.2) is 35.6 Å². The van der Waals surface area contributed by atoms with Crippen molar-refractivity contribution in [1.29, 1.82) is 0 Å². The van der Waals surface area contributed by atoms with Crippen LogP contribution in [0.5, 0.6) is 5.88 Å². The van der Waals surface area contributed by atoms with Gasteiger partial charge >= 0.3 is 5.97 Å². The lowest BCUT2D eigenvalue weighted by Gasteiger charge is -2.13. The average molecular weight is 342 g/mol. The van der Waals surface area contributed by atoms with Gasteiger partial charge in [-0.25, -0.2) is 22.9 Å². The highest BCUT2D eigenvalue weighted by atomic mass is 35.5. The van der Waals surface area contributed by atoms with Gasteiger partial charge in [0, 0.05) is 12.3 Å². The lowest BCUT2D eigenvalue weighted by atomic mass is 10.4. The van der Waals surface area contributed by atoms with Gasteiger partial charge in [0.15, 0.2) is 21.3 Å². The lowest BCUT2D eigenvalue weighted by molar-refractivity contribution is 0.0686. The molecular formula is C12H8ClN3O5S. The third-order valence-corrected chi connectivity index (χ3v) is 4.34. The number of hydrogen-bond acceptors (Lipinski definition) is 6. The number of nitrogens with zero attached hydrogens (tertiary/aromatic N) is 3. The summed E-state index contributed by atoms with van der Waals surface area (Å²) in [5, 5.41) is 14.4. The van der Waals surface area contributed by atoms with Crippen LogP contribution in [0.2, 0.25) is 5.02 Å². The van der Waals surface area contributed by atoms with Gasteiger partial charge in [-0.15, -0.1) is 5.10 Å². The van der Waals surface area contributed by atoms with Crippen LogP contribution in [0, 0.1) is 0 Å². The second kappa shape index (κ2) is 5.11. The SMILES string of the molecule is O=C(O)c1cc(OC2=CS(=O)(=O)C2)nn1-c1ncccc1Cl. The molecule has 0 aliphatic carbocycles. The minimum Gasteiger partial charge on any atom is -0.477 e. The van der Waals surface area contributed by atoms with E-state index in [1.54, 1.807) is 12.1 Å². The molecular weight excluding hydrogens is 334 g/mol. The van der Waals surface area contributed by atoms with E-state index in [-0.39, 0.29) is 33.9 Å². The Bertz CT molecular complexity index is 903. The number of carbonyl (C=O) groups is 1. The fraction of sp³-hybridized carbons (Fsp3) is 0.0833. The summed E-state index contributed by atoms with van der Waals surface area (Å²) in [5.41, 5.74) is -0.210. The van der Waals surface area contributed by atoms with E-state index in [2.05, 4.69) is 10.1 Å². The first-order valence-corrected chi connectivity index (χ1v) is 8.00. The van der Waals surface area contributed by atoms with E-state index in [9.17, 15) is 18.3 Å². The summed E-state index contributed by atoms with van der Waals surface area (Å²) in [5.74, 6) is -1.23. The van der Waals surface area contributed by atoms with Crippen LogP contribution in [0.25, 0.3) is 5.82 Å². The van der Waals surface area contributed by atoms with Crippen LogP contribution >= 0.6 is 11.6 Å². The number of carboxylic acid groups (broad SMARTS) is 1. The van der Waals surface area contributed by atoms with Gasteiger partial charge in [-0.2, -0.15) is 0 Å². The van der Waals surface area contributed by atoms with Crippen molar-refractivity contribution in [1.82, 2.24) is 14.8 Å². The molecule has 114 valence electrons. The van der Waals surface area contributed by atoms with Gasteiger partial charge in [-0.05, 0) is 12.1 Å². The normalized spacial score (nSPS) is 15.8. The summed E-state index contributed by atoms with van der Waals surface area (Å²) in [6.45, 7) is 0. The first-order valence-electron chi connectivity index (χ1n) is 5.91. The molecule has 2 aromatic heterocycles. The van der Waals surface area contributed by atoms with Crippen LogP contribution in [0.4, 0.5) is 0 Å². The number of aromatic nitrogens is 3. The molecule has 1 aliphatic rings. The summed E-state index contributed by atoms with van der Waals surface area (Å²) in [6, 6.07) is 4.30. The maximum atomic E-state index is 11.3. The van der Waals surface area contributed by atoms with Crippen molar-refractivity contribution in [2.24, 2.45) is 0 Å². The van der Waals surface area contributed by atoms with Gasteiger partial charge in [0.2, 0.25) is 5.88 Å². The molecule has 0 spiro atoms. The van der Waals surface area contributed by atoms with Crippen LogP contribution in [-0.2, 0) is 9.84 Å². The predicted molar refractivity (Wildman–Crippen MR) is 75.8 cm³/mol. The quantitative estimate of drug-likeness (QED) is 0.891. The Morgan fingerprint density at radius 1 is 1.45 bits per heavy atom. The fourth-order valence-corrected chi connectivity index (χ4v) is 2.88. The van der Waals surface area contributed by atoms with Crippen molar-refractivity contribution >= 4 is 27.4 Å². The van der Waals surface area contributed by atoms with Gasteiger partial charge in [-0.1, -0.05) is 11.6 Å². The number of carboxylic acids is 1. The highest BCUT2D eigenvalue weighted by molar-refractivity contribution is 7.95. The van der Waals surface area contributed by atoms with E-state index in [0.717, 1.165) is 10.1 Å². The van der Waals surface area contributed by atoms with Gasteiger partial charge in [0.1, 0.15) is 11.5 Å². The second-order valence-electron chi connectivity index (χ2n) is 4.39. The smallest absolute Gasteiger partial charge is 0.354 e. The third-order valence-electron chi connectivity index (χ3n) is 2.74. The monoisotopic (exact) mass is 341 g/mol. The van der Waals surface area contributed by atoms with E-state index in [0.29, 0.717) is 0 Å². The number of pyridine rings is 1. The summed E-state index contributed by atoms with van der Waals surface area (Å²) >= 11 is 5.98. The van der Waals surface area contributed by atoms with Crippen LogP contribution < -0.4 is 4.74 Å². The molecule has 3 rings (SSSR count). The average Bonchev–Trinajstić information content (AvgIpc) is 2.81. The number of rotatable bonds is 4. The number of ether oxygens (including phenoxy) is 1. The molecule has 3 heterocycles. The number of hydrogen-bond donors (Lipinski definition) is 1. The van der Waals surface area contributed by atoms with Gasteiger partial charge in [0.05, 0.1) is 10.4 Å². The highest BCUT2D eigenvalue weighted by Gasteiger charge is 2.27. The summed E-state index contributed by atoms with van der Waals surface area (Å²) in [6.07, 6.45) is 1.44. The van der Waals surface area contributed by atoms with E-state index in [1.807, 2.05) is 0 Å². The number of sulfone groups is 1. The largest absolute Gasteiger partial charge is 0.477 e. The summed E-state index contributed by atoms with van der Waals surface area (Å²) in [7, 11) is -3.20. The van der Waals surface area contributed by atoms with Gasteiger partial charge < -0.3 is 9.84 Å². The maximum Gasteiger partial charge on any atom is 0.354 e. The minimum absolute atomic E-state index is 0.0553. The number of aromatic carboxylic acids is 1. The molecule has 0 radical (unpaired) electrons. The first-order chi connectivity index (χ1) is 10.4. The summed E-state index contributed by atoms with van der Waals surface area (Å²) in [4.78, 5) is 15.3. The molecule has 1 aliphatic heterocycles. The molecule has 1 N–H and O–H groups in total. The molecule has 8 nitrogen and oxygen atoms in total. The lowest BCUT2D eigenvalue weighted by Crippen LogP contribution is -2.20. The molecule has 0 fully saturated rings. The molecule has 0 bridgehead atoms. The standard InChI is InChI=1S/C12H8ClN3O5S/c13-8-2-1-3-14-11(8)16-9(12(17)18)4-10(15-16)21-7-5-22(19,20)6-7/h1-5H,6H2,(H,17,18). The highest BCUT2D eigenvalue weighted by Crippen LogP contribution is 2.25. The molecule has 22 heavy (non-hydrogen) atoms. The first kappa shape index (κ1) is 14.5. The van der Waals surface area contributed by atoms with Crippen molar-refractivity contribution in [2.45, 2.75) is 0 Å². The Labute approximate surface area is 129 Å². The Balaban J connectivity index is 2.00. The van der Waals surface area contributed by atoms with Crippen molar-refractivity contribution < 1.29 is 23.1 Å². The Morgan fingerprint density at radius 3 is 2.77 bits per heavy atom. The predicted octanol–water partition coefficient (Wildman–Crippen LogP) is 1.27. The van der Waals surface area contributed by atoms with Crippen molar-refractivity contribution in [3.8, 4) is 11.7 Å². The van der Waals surface area contributed by atoms with Crippen molar-refractivity contribution in [3.63, 3.8) is 0 Å². The zero-order chi connectivity index (χ0) is 15.9. The van der Waals surface area contributed by atoms with E-state index in [1.165, 1.54) is 12.3 Å². The molecule has 0 atom stereocenters. The fourth-order valence-electron chi connectivity index (χ4n) is 1.82. The zero-order valence-corrected chi connectivity index (χ0v) is 12.4. The molecule has 0 saturated heterocycles. The van der Waals surface area contributed by atoms with E-state index >= 15 is 0 Å². The van der Waals surface area contributed by atoms with E-state index in [4.69, 9.17) is 16.3 Å². The van der Waals surface area contributed by atoms with Gasteiger partial charge in [-0.3, -0.25) is 0 Å². The third kappa shape index (κ3) is 2.68. The minimum atomic E-state index is -3.20. The molecule has 0 aromatic carbocycles. The molecule has 2 aromatic rings. The maximum absolute atomic E-state index is 11.3. The molecule has 0 amide bonds. The van der Waals surface area contributed by atoms with Crippen LogP contribution in [0.1, 0.15) is 10.5 Å². The van der Waals surface area contributed by atoms with Crippen molar-refractivity contribution in [3.05, 3.63) is 46.3 Å². The van der Waals surface area contributed by atoms with E-state index < -0.39 is 15.8 Å². The summed E-state index contributed by atoms with van der Waals surface area (Å²) < 4.78 is 28.3.